The Balaban J connectivity index is 1.40. The van der Waals surface area contributed by atoms with E-state index in [1.807, 2.05) is 31.2 Å². The van der Waals surface area contributed by atoms with Crippen LogP contribution in [0.15, 0.2) is 53.4 Å². The molecule has 0 unspecified atom stereocenters. The zero-order valence-corrected chi connectivity index (χ0v) is 16.4. The molecule has 2 amide bonds. The first-order chi connectivity index (χ1) is 13.4. The summed E-state index contributed by atoms with van der Waals surface area (Å²) < 4.78 is 31.2. The third-order valence-electron chi connectivity index (χ3n) is 4.36. The van der Waals surface area contributed by atoms with Crippen LogP contribution in [0.4, 0.5) is 0 Å². The molecule has 0 saturated carbocycles. The molecule has 8 heteroatoms. The van der Waals surface area contributed by atoms with Gasteiger partial charge in [0.15, 0.2) is 0 Å². The van der Waals surface area contributed by atoms with Crippen LogP contribution in [-0.4, -0.2) is 44.2 Å². The van der Waals surface area contributed by atoms with E-state index in [0.717, 1.165) is 15.6 Å². The van der Waals surface area contributed by atoms with Gasteiger partial charge in [-0.25, -0.2) is 12.7 Å². The van der Waals surface area contributed by atoms with Crippen molar-refractivity contribution in [2.45, 2.75) is 24.7 Å². The highest BCUT2D eigenvalue weighted by Crippen LogP contribution is 2.29. The Morgan fingerprint density at radius 2 is 1.93 bits per heavy atom. The molecule has 0 fully saturated rings. The predicted octanol–water partition coefficient (Wildman–Crippen LogP) is 2.11. The normalized spacial score (nSPS) is 14.6. The van der Waals surface area contributed by atoms with Crippen molar-refractivity contribution in [3.8, 4) is 5.75 Å². The van der Waals surface area contributed by atoms with Crippen LogP contribution in [-0.2, 0) is 14.8 Å². The zero-order chi connectivity index (χ0) is 20.1. The van der Waals surface area contributed by atoms with Crippen molar-refractivity contribution < 1.29 is 22.7 Å². The fourth-order valence-electron chi connectivity index (χ4n) is 2.99. The number of sulfonamides is 1. The maximum Gasteiger partial charge on any atom is 0.269 e. The van der Waals surface area contributed by atoms with Gasteiger partial charge in [-0.15, -0.1) is 0 Å². The number of rotatable bonds is 8. The van der Waals surface area contributed by atoms with E-state index in [1.54, 1.807) is 12.1 Å². The molecule has 0 aromatic heterocycles. The number of nitrogens with one attached hydrogen (secondary N) is 1. The van der Waals surface area contributed by atoms with Crippen LogP contribution in [0.25, 0.3) is 0 Å². The Morgan fingerprint density at radius 1 is 1.14 bits per heavy atom. The number of hydrogen-bond donors (Lipinski definition) is 1. The molecule has 1 N–H and O–H groups in total. The lowest BCUT2D eigenvalue weighted by molar-refractivity contribution is -0.121. The highest BCUT2D eigenvalue weighted by molar-refractivity contribution is 7.90. The van der Waals surface area contributed by atoms with Gasteiger partial charge in [-0.05, 0) is 43.2 Å². The van der Waals surface area contributed by atoms with E-state index < -0.39 is 15.9 Å². The molecule has 148 valence electrons. The minimum atomic E-state index is -3.82. The molecule has 1 heterocycles. The summed E-state index contributed by atoms with van der Waals surface area (Å²) >= 11 is 0. The van der Waals surface area contributed by atoms with Crippen molar-refractivity contribution in [3.63, 3.8) is 0 Å². The third kappa shape index (κ3) is 4.33. The number of carbonyl (C=O) groups is 2. The first kappa shape index (κ1) is 19.9. The van der Waals surface area contributed by atoms with Gasteiger partial charge in [0.05, 0.1) is 12.1 Å². The van der Waals surface area contributed by atoms with E-state index in [-0.39, 0.29) is 35.8 Å². The number of amides is 2. The van der Waals surface area contributed by atoms with Gasteiger partial charge in [-0.1, -0.05) is 24.3 Å². The van der Waals surface area contributed by atoms with Crippen LogP contribution in [0.1, 0.15) is 28.8 Å². The quantitative estimate of drug-likeness (QED) is 0.683. The Kier molecular flexibility index (Phi) is 5.99. The van der Waals surface area contributed by atoms with Crippen molar-refractivity contribution in [3.05, 3.63) is 59.7 Å². The first-order valence-electron chi connectivity index (χ1n) is 9.02. The SMILES string of the molecule is Cc1cccc(OCCNC(=O)CCCN2C(=O)c3ccccc3S2(=O)=O)c1. The van der Waals surface area contributed by atoms with Crippen molar-refractivity contribution in [1.29, 1.82) is 0 Å². The second-order valence-corrected chi connectivity index (χ2v) is 8.33. The fraction of sp³-hybridized carbons (Fsp3) is 0.300. The summed E-state index contributed by atoms with van der Waals surface area (Å²) in [6, 6.07) is 13.8. The topological polar surface area (TPSA) is 92.8 Å². The molecule has 3 rings (SSSR count). The molecular formula is C20H22N2O5S. The number of ether oxygens (including phenoxy) is 1. The van der Waals surface area contributed by atoms with Crippen molar-refractivity contribution in [1.82, 2.24) is 9.62 Å². The largest absolute Gasteiger partial charge is 0.492 e. The average molecular weight is 402 g/mol. The fourth-order valence-corrected chi connectivity index (χ4v) is 4.60. The summed E-state index contributed by atoms with van der Waals surface area (Å²) in [5.74, 6) is -0.0106. The van der Waals surface area contributed by atoms with Gasteiger partial charge in [-0.3, -0.25) is 9.59 Å². The molecule has 0 aliphatic carbocycles. The average Bonchev–Trinajstić information content (AvgIpc) is 2.86. The van der Waals surface area contributed by atoms with Crippen LogP contribution in [0.3, 0.4) is 0 Å². The maximum atomic E-state index is 12.4. The number of hydrogen-bond acceptors (Lipinski definition) is 5. The van der Waals surface area contributed by atoms with Gasteiger partial charge in [0.1, 0.15) is 17.3 Å². The summed E-state index contributed by atoms with van der Waals surface area (Å²) in [5, 5.41) is 2.73. The molecule has 1 aliphatic heterocycles. The second kappa shape index (κ2) is 8.43. The van der Waals surface area contributed by atoms with Gasteiger partial charge in [0, 0.05) is 13.0 Å². The van der Waals surface area contributed by atoms with Crippen LogP contribution in [0, 0.1) is 6.92 Å². The Labute approximate surface area is 164 Å². The van der Waals surface area contributed by atoms with E-state index in [4.69, 9.17) is 4.74 Å². The van der Waals surface area contributed by atoms with Crippen molar-refractivity contribution in [2.24, 2.45) is 0 Å². The molecule has 0 atom stereocenters. The summed E-state index contributed by atoms with van der Waals surface area (Å²) in [7, 11) is -3.82. The second-order valence-electron chi connectivity index (χ2n) is 6.50. The number of aryl methyl sites for hydroxylation is 1. The number of carbonyl (C=O) groups excluding carboxylic acids is 2. The summed E-state index contributed by atoms with van der Waals surface area (Å²) in [4.78, 5) is 24.2. The number of fused-ring (bicyclic) bond motifs is 1. The van der Waals surface area contributed by atoms with E-state index in [2.05, 4.69) is 5.32 Å². The highest BCUT2D eigenvalue weighted by Gasteiger charge is 2.40. The van der Waals surface area contributed by atoms with Crippen LogP contribution in [0.2, 0.25) is 0 Å². The first-order valence-corrected chi connectivity index (χ1v) is 10.5. The molecule has 0 saturated heterocycles. The Bertz CT molecular complexity index is 988. The van der Waals surface area contributed by atoms with Crippen LogP contribution < -0.4 is 10.1 Å². The van der Waals surface area contributed by atoms with Gasteiger partial charge >= 0.3 is 0 Å². The third-order valence-corrected chi connectivity index (χ3v) is 6.20. The maximum absolute atomic E-state index is 12.4. The standard InChI is InChI=1S/C20H22N2O5S/c1-15-6-4-7-16(14-15)27-13-11-21-19(23)10-5-12-22-20(24)17-8-2-3-9-18(17)28(22,25)26/h2-4,6-9,14H,5,10-13H2,1H3,(H,21,23). The van der Waals surface area contributed by atoms with Gasteiger partial charge in [0.25, 0.3) is 15.9 Å². The molecule has 2 aromatic carbocycles. The minimum Gasteiger partial charge on any atom is -0.492 e. The van der Waals surface area contributed by atoms with Crippen LogP contribution in [0.5, 0.6) is 5.75 Å². The van der Waals surface area contributed by atoms with Crippen molar-refractivity contribution in [2.75, 3.05) is 19.7 Å². The molecule has 7 nitrogen and oxygen atoms in total. The zero-order valence-electron chi connectivity index (χ0n) is 15.6. The van der Waals surface area contributed by atoms with E-state index in [9.17, 15) is 18.0 Å². The van der Waals surface area contributed by atoms with E-state index in [0.29, 0.717) is 13.2 Å². The van der Waals surface area contributed by atoms with Gasteiger partial charge in [-0.2, -0.15) is 0 Å². The lowest BCUT2D eigenvalue weighted by Gasteiger charge is -2.14. The van der Waals surface area contributed by atoms with Gasteiger partial charge in [0.2, 0.25) is 5.91 Å². The highest BCUT2D eigenvalue weighted by atomic mass is 32.2. The van der Waals surface area contributed by atoms with E-state index >= 15 is 0 Å². The molecule has 2 aromatic rings. The molecule has 0 bridgehead atoms. The van der Waals surface area contributed by atoms with Gasteiger partial charge < -0.3 is 10.1 Å². The predicted molar refractivity (Wildman–Crippen MR) is 104 cm³/mol. The molecule has 28 heavy (non-hydrogen) atoms. The van der Waals surface area contributed by atoms with Crippen LogP contribution >= 0.6 is 0 Å². The lowest BCUT2D eigenvalue weighted by Crippen LogP contribution is -2.33. The molecular weight excluding hydrogens is 380 g/mol. The molecule has 1 aliphatic rings. The monoisotopic (exact) mass is 402 g/mol. The van der Waals surface area contributed by atoms with Crippen molar-refractivity contribution >= 4 is 21.8 Å². The summed E-state index contributed by atoms with van der Waals surface area (Å²) in [6.07, 6.45) is 0.379. The molecule has 0 spiro atoms. The summed E-state index contributed by atoms with van der Waals surface area (Å²) in [5.41, 5.74) is 1.27. The van der Waals surface area contributed by atoms with E-state index in [1.165, 1.54) is 12.1 Å². The number of benzene rings is 2. The Hall–Kier alpha value is -2.87. The minimum absolute atomic E-state index is 0.0247. The summed E-state index contributed by atoms with van der Waals surface area (Å²) in [6.45, 7) is 2.63. The Morgan fingerprint density at radius 3 is 2.68 bits per heavy atom. The number of nitrogens with zero attached hydrogens (tertiary/aromatic N) is 1. The smallest absolute Gasteiger partial charge is 0.269 e. The molecule has 0 radical (unpaired) electrons. The lowest BCUT2D eigenvalue weighted by atomic mass is 10.2.